The van der Waals surface area contributed by atoms with E-state index in [1.165, 1.54) is 0 Å². The predicted octanol–water partition coefficient (Wildman–Crippen LogP) is 2.36. The van der Waals surface area contributed by atoms with Crippen LogP contribution in [0.4, 0.5) is 0 Å². The Morgan fingerprint density at radius 1 is 1.21 bits per heavy atom. The molecular formula is C16H17BrN4O3. The van der Waals surface area contributed by atoms with Crippen molar-refractivity contribution < 1.29 is 14.7 Å². The summed E-state index contributed by atoms with van der Waals surface area (Å²) >= 11 is 3.38. The summed E-state index contributed by atoms with van der Waals surface area (Å²) < 4.78 is 2.53. The number of amides is 1. The molecule has 24 heavy (non-hydrogen) atoms. The quantitative estimate of drug-likeness (QED) is 0.862. The first-order valence-electron chi connectivity index (χ1n) is 7.72. The first-order valence-corrected chi connectivity index (χ1v) is 8.51. The van der Waals surface area contributed by atoms with Crippen LogP contribution in [0, 0.1) is 5.92 Å². The molecule has 0 atom stereocenters. The molecule has 0 bridgehead atoms. The number of aromatic nitrogens is 3. The summed E-state index contributed by atoms with van der Waals surface area (Å²) in [5.74, 6) is -0.797. The first kappa shape index (κ1) is 16.6. The maximum atomic E-state index is 12.5. The number of nitrogens with zero attached hydrogens (tertiary/aromatic N) is 4. The van der Waals surface area contributed by atoms with Gasteiger partial charge in [-0.2, -0.15) is 0 Å². The van der Waals surface area contributed by atoms with Crippen LogP contribution in [0.3, 0.4) is 0 Å². The number of hydrogen-bond acceptors (Lipinski definition) is 4. The molecule has 1 aromatic heterocycles. The van der Waals surface area contributed by atoms with Crippen molar-refractivity contribution in [2.45, 2.75) is 19.3 Å². The highest BCUT2D eigenvalue weighted by Crippen LogP contribution is 2.21. The number of likely N-dealkylation sites (tertiary alicyclic amines) is 1. The Hall–Kier alpha value is -2.22. The van der Waals surface area contributed by atoms with Crippen molar-refractivity contribution in [3.05, 3.63) is 40.6 Å². The number of rotatable bonds is 4. The molecule has 1 aliphatic rings. The fourth-order valence-corrected chi connectivity index (χ4v) is 3.10. The Balaban J connectivity index is 1.64. The van der Waals surface area contributed by atoms with Crippen molar-refractivity contribution in [1.29, 1.82) is 0 Å². The molecule has 1 aliphatic heterocycles. The van der Waals surface area contributed by atoms with E-state index in [9.17, 15) is 9.59 Å². The van der Waals surface area contributed by atoms with Gasteiger partial charge in [-0.25, -0.2) is 4.68 Å². The van der Waals surface area contributed by atoms with E-state index in [1.807, 2.05) is 24.3 Å². The Morgan fingerprint density at radius 2 is 1.88 bits per heavy atom. The van der Waals surface area contributed by atoms with E-state index in [0.29, 0.717) is 31.6 Å². The van der Waals surface area contributed by atoms with E-state index in [4.69, 9.17) is 5.11 Å². The SMILES string of the molecule is O=C(O)CC1CCN(C(=O)c2cn(-c3ccc(Br)cc3)nn2)CC1. The molecule has 0 spiro atoms. The van der Waals surface area contributed by atoms with Crippen molar-refractivity contribution in [3.63, 3.8) is 0 Å². The molecule has 1 aromatic carbocycles. The van der Waals surface area contributed by atoms with E-state index in [0.717, 1.165) is 10.2 Å². The molecular weight excluding hydrogens is 376 g/mol. The molecule has 0 radical (unpaired) electrons. The largest absolute Gasteiger partial charge is 0.481 e. The standard InChI is InChI=1S/C16H17BrN4O3/c17-12-1-3-13(4-2-12)21-10-14(18-19-21)16(24)20-7-5-11(6-8-20)9-15(22)23/h1-4,10-11H,5-9H2,(H,22,23). The second-order valence-electron chi connectivity index (χ2n) is 5.86. The monoisotopic (exact) mass is 392 g/mol. The molecule has 1 saturated heterocycles. The molecule has 7 nitrogen and oxygen atoms in total. The zero-order valence-corrected chi connectivity index (χ0v) is 14.5. The number of hydrogen-bond donors (Lipinski definition) is 1. The van der Waals surface area contributed by atoms with E-state index >= 15 is 0 Å². The topological polar surface area (TPSA) is 88.3 Å². The molecule has 0 unspecified atom stereocenters. The van der Waals surface area contributed by atoms with E-state index in [-0.39, 0.29) is 18.2 Å². The van der Waals surface area contributed by atoms with Gasteiger partial charge in [0, 0.05) is 24.0 Å². The summed E-state index contributed by atoms with van der Waals surface area (Å²) in [6.07, 6.45) is 3.20. The summed E-state index contributed by atoms with van der Waals surface area (Å²) in [5.41, 5.74) is 1.12. The predicted molar refractivity (Wildman–Crippen MR) is 89.9 cm³/mol. The lowest BCUT2D eigenvalue weighted by Gasteiger charge is -2.30. The number of carboxylic acids is 1. The van der Waals surface area contributed by atoms with Crippen LogP contribution in [0.5, 0.6) is 0 Å². The van der Waals surface area contributed by atoms with Gasteiger partial charge >= 0.3 is 5.97 Å². The lowest BCUT2D eigenvalue weighted by atomic mass is 9.93. The highest BCUT2D eigenvalue weighted by Gasteiger charge is 2.26. The second-order valence-corrected chi connectivity index (χ2v) is 6.77. The summed E-state index contributed by atoms with van der Waals surface area (Å²) in [6.45, 7) is 1.11. The number of carbonyl (C=O) groups excluding carboxylic acids is 1. The number of benzene rings is 1. The molecule has 3 rings (SSSR count). The van der Waals surface area contributed by atoms with Gasteiger partial charge in [0.2, 0.25) is 0 Å². The molecule has 0 aliphatic carbocycles. The number of piperidine rings is 1. The highest BCUT2D eigenvalue weighted by molar-refractivity contribution is 9.10. The fourth-order valence-electron chi connectivity index (χ4n) is 2.83. The summed E-state index contributed by atoms with van der Waals surface area (Å²) in [7, 11) is 0. The Morgan fingerprint density at radius 3 is 2.50 bits per heavy atom. The maximum Gasteiger partial charge on any atom is 0.303 e. The molecule has 2 aromatic rings. The third kappa shape index (κ3) is 3.81. The fraction of sp³-hybridized carbons (Fsp3) is 0.375. The number of halogens is 1. The van der Waals surface area contributed by atoms with Gasteiger partial charge in [0.1, 0.15) is 0 Å². The van der Waals surface area contributed by atoms with Gasteiger partial charge in [-0.1, -0.05) is 21.1 Å². The Kier molecular flexibility index (Phi) is 4.94. The van der Waals surface area contributed by atoms with Crippen molar-refractivity contribution in [3.8, 4) is 5.69 Å². The molecule has 1 fully saturated rings. The van der Waals surface area contributed by atoms with Gasteiger partial charge in [0.15, 0.2) is 5.69 Å². The Labute approximate surface area is 147 Å². The van der Waals surface area contributed by atoms with Crippen molar-refractivity contribution in [2.24, 2.45) is 5.92 Å². The minimum atomic E-state index is -0.780. The van der Waals surface area contributed by atoms with Crippen molar-refractivity contribution >= 4 is 27.8 Å². The normalized spacial score (nSPS) is 15.5. The van der Waals surface area contributed by atoms with E-state index < -0.39 is 5.97 Å². The van der Waals surface area contributed by atoms with Crippen LogP contribution >= 0.6 is 15.9 Å². The zero-order valence-electron chi connectivity index (χ0n) is 12.9. The zero-order chi connectivity index (χ0) is 17.1. The third-order valence-corrected chi connectivity index (χ3v) is 4.70. The number of carboxylic acid groups (broad SMARTS) is 1. The number of carbonyl (C=O) groups is 2. The van der Waals surface area contributed by atoms with Gasteiger partial charge in [-0.3, -0.25) is 9.59 Å². The summed E-state index contributed by atoms with van der Waals surface area (Å²) in [4.78, 5) is 25.0. The van der Waals surface area contributed by atoms with Crippen molar-refractivity contribution in [1.82, 2.24) is 19.9 Å². The van der Waals surface area contributed by atoms with Gasteiger partial charge in [0.25, 0.3) is 5.91 Å². The number of aliphatic carboxylic acids is 1. The van der Waals surface area contributed by atoms with Gasteiger partial charge in [0.05, 0.1) is 11.9 Å². The average Bonchev–Trinajstić information content (AvgIpc) is 3.05. The molecule has 1 N–H and O–H groups in total. The van der Waals surface area contributed by atoms with Crippen LogP contribution in [-0.2, 0) is 4.79 Å². The first-order chi connectivity index (χ1) is 11.5. The summed E-state index contributed by atoms with van der Waals surface area (Å²) in [5, 5.41) is 16.8. The lowest BCUT2D eigenvalue weighted by molar-refractivity contribution is -0.138. The van der Waals surface area contributed by atoms with Gasteiger partial charge < -0.3 is 10.0 Å². The van der Waals surface area contributed by atoms with Crippen LogP contribution in [-0.4, -0.2) is 50.0 Å². The van der Waals surface area contributed by atoms with Crippen LogP contribution in [0.25, 0.3) is 5.69 Å². The summed E-state index contributed by atoms with van der Waals surface area (Å²) in [6, 6.07) is 7.55. The lowest BCUT2D eigenvalue weighted by Crippen LogP contribution is -2.39. The molecule has 126 valence electrons. The maximum absolute atomic E-state index is 12.5. The minimum absolute atomic E-state index is 0.144. The van der Waals surface area contributed by atoms with E-state index in [2.05, 4.69) is 26.2 Å². The molecule has 0 saturated carbocycles. The van der Waals surface area contributed by atoms with Gasteiger partial charge in [-0.05, 0) is 43.0 Å². The van der Waals surface area contributed by atoms with Gasteiger partial charge in [-0.15, -0.1) is 5.10 Å². The molecule has 1 amide bonds. The van der Waals surface area contributed by atoms with Crippen molar-refractivity contribution in [2.75, 3.05) is 13.1 Å². The smallest absolute Gasteiger partial charge is 0.303 e. The Bertz CT molecular complexity index is 736. The molecule has 8 heteroatoms. The third-order valence-electron chi connectivity index (χ3n) is 4.17. The highest BCUT2D eigenvalue weighted by atomic mass is 79.9. The van der Waals surface area contributed by atoms with Crippen LogP contribution in [0.15, 0.2) is 34.9 Å². The average molecular weight is 393 g/mol. The van der Waals surface area contributed by atoms with Crippen LogP contribution in [0.2, 0.25) is 0 Å². The molecule has 2 heterocycles. The van der Waals surface area contributed by atoms with Crippen LogP contribution < -0.4 is 0 Å². The minimum Gasteiger partial charge on any atom is -0.481 e. The van der Waals surface area contributed by atoms with Crippen LogP contribution in [0.1, 0.15) is 29.8 Å². The van der Waals surface area contributed by atoms with E-state index in [1.54, 1.807) is 15.8 Å². The second kappa shape index (κ2) is 7.12.